The zero-order valence-corrected chi connectivity index (χ0v) is 32.0. The van der Waals surface area contributed by atoms with Gasteiger partial charge in [-0.25, -0.2) is 4.98 Å². The van der Waals surface area contributed by atoms with Gasteiger partial charge in [0.1, 0.15) is 5.82 Å². The van der Waals surface area contributed by atoms with Crippen LogP contribution in [0.2, 0.25) is 0 Å². The molecule has 0 aliphatic heterocycles. The molecule has 0 N–H and O–H groups in total. The molecule has 11 aromatic rings. The summed E-state index contributed by atoms with van der Waals surface area (Å²) in [6.07, 6.45) is 1.84. The van der Waals surface area contributed by atoms with Crippen LogP contribution in [0.4, 0.5) is 17.2 Å². The van der Waals surface area contributed by atoms with E-state index < -0.39 is 0 Å². The van der Waals surface area contributed by atoms with E-state index in [1.807, 2.05) is 12.3 Å². The normalized spacial score (nSPS) is 11.7. The van der Waals surface area contributed by atoms with Crippen LogP contribution in [-0.4, -0.2) is 9.97 Å². The molecule has 0 fully saturated rings. The van der Waals surface area contributed by atoms with Crippen molar-refractivity contribution in [3.63, 3.8) is 0 Å². The summed E-state index contributed by atoms with van der Waals surface area (Å²) < 4.78 is 0. The Morgan fingerprint density at radius 3 is 1.54 bits per heavy atom. The molecule has 1 aliphatic carbocycles. The summed E-state index contributed by atoms with van der Waals surface area (Å²) in [7, 11) is 0. The minimum atomic E-state index is 0.841. The molecular weight excluding hydrogens is 715 g/mol. The van der Waals surface area contributed by atoms with Gasteiger partial charge in [0, 0.05) is 28.3 Å². The van der Waals surface area contributed by atoms with Crippen LogP contribution in [0, 0.1) is 0 Å². The third kappa shape index (κ3) is 5.22. The van der Waals surface area contributed by atoms with Crippen molar-refractivity contribution in [3.8, 4) is 55.6 Å². The minimum absolute atomic E-state index is 0.841. The largest absolute Gasteiger partial charge is 0.295 e. The number of benzene rings is 9. The first-order chi connectivity index (χ1) is 29.3. The molecule has 3 nitrogen and oxygen atoms in total. The van der Waals surface area contributed by atoms with Gasteiger partial charge in [-0.15, -0.1) is 0 Å². The number of pyridine rings is 2. The van der Waals surface area contributed by atoms with Gasteiger partial charge in [-0.2, -0.15) is 0 Å². The third-order valence-corrected chi connectivity index (χ3v) is 12.0. The second kappa shape index (κ2) is 13.4. The Labute approximate surface area is 342 Å². The number of nitrogens with zero attached hydrogens (tertiary/aromatic N) is 3. The predicted molar refractivity (Wildman–Crippen MR) is 247 cm³/mol. The molecule has 2 heterocycles. The zero-order valence-electron chi connectivity index (χ0n) is 32.0. The van der Waals surface area contributed by atoms with Crippen molar-refractivity contribution in [2.75, 3.05) is 4.90 Å². The number of aromatic nitrogens is 2. The third-order valence-electron chi connectivity index (χ3n) is 12.0. The summed E-state index contributed by atoms with van der Waals surface area (Å²) in [6, 6.07) is 74.4. The lowest BCUT2D eigenvalue weighted by atomic mass is 9.82. The van der Waals surface area contributed by atoms with Crippen molar-refractivity contribution in [3.05, 3.63) is 212 Å². The van der Waals surface area contributed by atoms with Crippen LogP contribution in [0.15, 0.2) is 212 Å². The smallest absolute Gasteiger partial charge is 0.138 e. The van der Waals surface area contributed by atoms with Crippen LogP contribution >= 0.6 is 0 Å². The molecule has 0 unspecified atom stereocenters. The molecule has 12 rings (SSSR count). The highest BCUT2D eigenvalue weighted by Gasteiger charge is 2.31. The van der Waals surface area contributed by atoms with Crippen LogP contribution in [-0.2, 0) is 0 Å². The SMILES string of the molecule is c1ccc(-c2c3c(c(-c4ccccc4)c4ccccc24)-c2ccc(-c4ccc(N(c5ccccc5)c5ccc6ccc7cccnc7c6n5)cc4)c4cccc-3c24)cc1. The second-order valence-corrected chi connectivity index (χ2v) is 15.3. The first-order valence-electron chi connectivity index (χ1n) is 20.2. The first kappa shape index (κ1) is 33.3. The zero-order chi connectivity index (χ0) is 38.9. The average Bonchev–Trinajstić information content (AvgIpc) is 3.64. The number of anilines is 3. The molecule has 0 spiro atoms. The fourth-order valence-corrected chi connectivity index (χ4v) is 9.48. The summed E-state index contributed by atoms with van der Waals surface area (Å²) in [5.74, 6) is 0.841. The van der Waals surface area contributed by atoms with Crippen LogP contribution < -0.4 is 4.90 Å². The molecule has 1 aliphatic rings. The van der Waals surface area contributed by atoms with Gasteiger partial charge < -0.3 is 0 Å². The fourth-order valence-electron chi connectivity index (χ4n) is 9.48. The Kier molecular flexibility index (Phi) is 7.54. The van der Waals surface area contributed by atoms with E-state index in [0.717, 1.165) is 39.0 Å². The molecule has 0 saturated heterocycles. The van der Waals surface area contributed by atoms with E-state index >= 15 is 0 Å². The van der Waals surface area contributed by atoms with Gasteiger partial charge in [-0.05, 0) is 120 Å². The van der Waals surface area contributed by atoms with E-state index in [-0.39, 0.29) is 0 Å². The number of rotatable bonds is 6. The average molecular weight is 750 g/mol. The summed E-state index contributed by atoms with van der Waals surface area (Å²) in [6.45, 7) is 0. The summed E-state index contributed by atoms with van der Waals surface area (Å²) >= 11 is 0. The van der Waals surface area contributed by atoms with Crippen molar-refractivity contribution in [1.29, 1.82) is 0 Å². The lowest BCUT2D eigenvalue weighted by Gasteiger charge is -2.25. The van der Waals surface area contributed by atoms with E-state index in [1.54, 1.807) is 0 Å². The number of para-hydroxylation sites is 1. The Morgan fingerprint density at radius 1 is 0.322 bits per heavy atom. The van der Waals surface area contributed by atoms with Crippen molar-refractivity contribution in [2.24, 2.45) is 0 Å². The summed E-state index contributed by atoms with van der Waals surface area (Å²) in [5.41, 5.74) is 16.5. The lowest BCUT2D eigenvalue weighted by Crippen LogP contribution is -2.11. The van der Waals surface area contributed by atoms with Gasteiger partial charge in [0.25, 0.3) is 0 Å². The highest BCUT2D eigenvalue weighted by molar-refractivity contribution is 6.28. The van der Waals surface area contributed by atoms with Gasteiger partial charge in [0.05, 0.1) is 11.0 Å². The molecular formula is C56H35N3. The minimum Gasteiger partial charge on any atom is -0.295 e. The molecule has 0 amide bonds. The van der Waals surface area contributed by atoms with E-state index in [2.05, 4.69) is 205 Å². The molecule has 9 aromatic carbocycles. The Hall–Kier alpha value is -7.88. The summed E-state index contributed by atoms with van der Waals surface area (Å²) in [5, 5.41) is 7.24. The number of fused-ring (bicyclic) bond motifs is 7. The predicted octanol–water partition coefficient (Wildman–Crippen LogP) is 15.2. The molecule has 0 radical (unpaired) electrons. The van der Waals surface area contributed by atoms with Gasteiger partial charge >= 0.3 is 0 Å². The molecule has 2 aromatic heterocycles. The summed E-state index contributed by atoms with van der Waals surface area (Å²) in [4.78, 5) is 12.2. The van der Waals surface area contributed by atoms with E-state index in [4.69, 9.17) is 9.97 Å². The Bertz CT molecular complexity index is 3320. The van der Waals surface area contributed by atoms with Crippen molar-refractivity contribution in [1.82, 2.24) is 9.97 Å². The monoisotopic (exact) mass is 749 g/mol. The van der Waals surface area contributed by atoms with Gasteiger partial charge in [-0.3, -0.25) is 9.88 Å². The molecule has 0 atom stereocenters. The van der Waals surface area contributed by atoms with Gasteiger partial charge in [0.2, 0.25) is 0 Å². The highest BCUT2D eigenvalue weighted by atomic mass is 15.2. The fraction of sp³-hybridized carbons (Fsp3) is 0. The maximum Gasteiger partial charge on any atom is 0.138 e. The van der Waals surface area contributed by atoms with E-state index in [9.17, 15) is 0 Å². The first-order valence-corrected chi connectivity index (χ1v) is 20.2. The number of hydrogen-bond donors (Lipinski definition) is 0. The molecule has 0 bridgehead atoms. The molecule has 3 heteroatoms. The van der Waals surface area contributed by atoms with Crippen LogP contribution in [0.5, 0.6) is 0 Å². The molecule has 274 valence electrons. The highest BCUT2D eigenvalue weighted by Crippen LogP contribution is 2.58. The van der Waals surface area contributed by atoms with Crippen molar-refractivity contribution >= 4 is 60.5 Å². The maximum atomic E-state index is 5.27. The van der Waals surface area contributed by atoms with Crippen LogP contribution in [0.1, 0.15) is 0 Å². The van der Waals surface area contributed by atoms with E-state index in [0.29, 0.717) is 0 Å². The molecule has 59 heavy (non-hydrogen) atoms. The van der Waals surface area contributed by atoms with E-state index in [1.165, 1.54) is 77.2 Å². The quantitative estimate of drug-likeness (QED) is 0.159. The maximum absolute atomic E-state index is 5.27. The Balaban J connectivity index is 1.04. The van der Waals surface area contributed by atoms with Crippen LogP contribution in [0.3, 0.4) is 0 Å². The van der Waals surface area contributed by atoms with Gasteiger partial charge in [-0.1, -0.05) is 164 Å². The van der Waals surface area contributed by atoms with Crippen LogP contribution in [0.25, 0.3) is 99.0 Å². The van der Waals surface area contributed by atoms with Crippen molar-refractivity contribution < 1.29 is 0 Å². The lowest BCUT2D eigenvalue weighted by molar-refractivity contribution is 1.21. The topological polar surface area (TPSA) is 29.0 Å². The Morgan fingerprint density at radius 2 is 0.864 bits per heavy atom. The number of hydrogen-bond acceptors (Lipinski definition) is 3. The van der Waals surface area contributed by atoms with Gasteiger partial charge in [0.15, 0.2) is 0 Å². The standard InChI is InChI=1S/C56H35N3/c1-4-14-37(15-5-1)50-45-21-10-11-22-46(45)51(38-16-6-2-7-17-38)54-48-33-32-43(44-23-12-24-47(52(44)48)53(50)54)36-27-30-42(31-28-36)59(41-19-8-3-9-20-41)49-34-29-40-26-25-39-18-13-35-57-55(39)56(40)58-49/h1-35H. The molecule has 0 saturated carbocycles. The van der Waals surface area contributed by atoms with Crippen molar-refractivity contribution in [2.45, 2.75) is 0 Å². The second-order valence-electron chi connectivity index (χ2n) is 15.3.